The van der Waals surface area contributed by atoms with Crippen LogP contribution in [0.4, 0.5) is 0 Å². The first-order chi connectivity index (χ1) is 9.90. The lowest BCUT2D eigenvalue weighted by Gasteiger charge is -2.39. The monoisotopic (exact) mass is 275 g/mol. The van der Waals surface area contributed by atoms with Crippen molar-refractivity contribution < 1.29 is 0 Å². The second kappa shape index (κ2) is 5.45. The minimum absolute atomic E-state index is 0.568. The molecular weight excluding hydrogens is 250 g/mol. The lowest BCUT2D eigenvalue weighted by atomic mass is 9.94. The Kier molecular flexibility index (Phi) is 3.48. The summed E-state index contributed by atoms with van der Waals surface area (Å²) in [6, 6.07) is 0.782. The molecule has 1 unspecified atom stereocenters. The summed E-state index contributed by atoms with van der Waals surface area (Å²) >= 11 is 0. The Morgan fingerprint density at radius 1 is 0.900 bits per heavy atom. The van der Waals surface area contributed by atoms with Gasteiger partial charge in [0.1, 0.15) is 11.6 Å². The first-order valence-corrected chi connectivity index (χ1v) is 8.27. The molecule has 1 aliphatic carbocycles. The summed E-state index contributed by atoms with van der Waals surface area (Å²) in [6.07, 6.45) is 7.75. The Hall–Kier alpha value is -0.940. The Balaban J connectivity index is 1.42. The van der Waals surface area contributed by atoms with Gasteiger partial charge in [0.2, 0.25) is 0 Å². The molecular formula is C15H25N5. The second-order valence-corrected chi connectivity index (χ2v) is 6.69. The maximum atomic E-state index is 4.44. The highest BCUT2D eigenvalue weighted by Crippen LogP contribution is 2.38. The maximum Gasteiger partial charge on any atom is 0.134 e. The van der Waals surface area contributed by atoms with Gasteiger partial charge in [-0.15, -0.1) is 10.2 Å². The quantitative estimate of drug-likeness (QED) is 0.880. The van der Waals surface area contributed by atoms with E-state index in [1.165, 1.54) is 64.7 Å². The number of likely N-dealkylation sites (tertiary alicyclic amines) is 1. The fourth-order valence-electron chi connectivity index (χ4n) is 3.75. The van der Waals surface area contributed by atoms with Crippen LogP contribution in [-0.4, -0.2) is 52.3 Å². The molecule has 3 fully saturated rings. The van der Waals surface area contributed by atoms with E-state index in [0.29, 0.717) is 11.8 Å². The van der Waals surface area contributed by atoms with Crippen molar-refractivity contribution in [2.45, 2.75) is 56.4 Å². The third-order valence-electron chi connectivity index (χ3n) is 5.15. The maximum absolute atomic E-state index is 4.44. The molecule has 0 amide bonds. The topological polar surface area (TPSA) is 56.8 Å². The van der Waals surface area contributed by atoms with E-state index < -0.39 is 0 Å². The molecule has 0 bridgehead atoms. The fourth-order valence-corrected chi connectivity index (χ4v) is 3.75. The van der Waals surface area contributed by atoms with Gasteiger partial charge in [-0.2, -0.15) is 0 Å². The lowest BCUT2D eigenvalue weighted by molar-refractivity contribution is 0.121. The molecule has 5 heteroatoms. The molecule has 0 aromatic carbocycles. The second-order valence-electron chi connectivity index (χ2n) is 6.69. The highest BCUT2D eigenvalue weighted by atomic mass is 15.2. The zero-order valence-corrected chi connectivity index (χ0v) is 12.1. The number of aromatic amines is 1. The van der Waals surface area contributed by atoms with Crippen LogP contribution in [0.5, 0.6) is 0 Å². The van der Waals surface area contributed by atoms with Gasteiger partial charge in [-0.05, 0) is 58.2 Å². The Labute approximate surface area is 120 Å². The Morgan fingerprint density at radius 2 is 1.65 bits per heavy atom. The predicted molar refractivity (Wildman–Crippen MR) is 77.8 cm³/mol. The van der Waals surface area contributed by atoms with Crippen LogP contribution in [0.2, 0.25) is 0 Å². The van der Waals surface area contributed by atoms with E-state index in [9.17, 15) is 0 Å². The Morgan fingerprint density at radius 3 is 2.40 bits per heavy atom. The van der Waals surface area contributed by atoms with Crippen molar-refractivity contribution in [3.05, 3.63) is 11.6 Å². The third kappa shape index (κ3) is 2.61. The van der Waals surface area contributed by atoms with E-state index in [2.05, 4.69) is 25.4 Å². The molecule has 2 N–H and O–H groups in total. The highest BCUT2D eigenvalue weighted by Gasteiger charge is 2.31. The molecule has 0 spiro atoms. The van der Waals surface area contributed by atoms with E-state index >= 15 is 0 Å². The number of rotatable bonds is 3. The molecule has 1 atom stereocenters. The lowest BCUT2D eigenvalue weighted by Crippen LogP contribution is -2.47. The van der Waals surface area contributed by atoms with Crippen molar-refractivity contribution in [3.63, 3.8) is 0 Å². The molecule has 5 nitrogen and oxygen atoms in total. The van der Waals surface area contributed by atoms with Gasteiger partial charge in [0.15, 0.2) is 0 Å². The van der Waals surface area contributed by atoms with Crippen molar-refractivity contribution in [2.75, 3.05) is 26.2 Å². The number of aromatic nitrogens is 3. The molecule has 1 saturated carbocycles. The third-order valence-corrected chi connectivity index (χ3v) is 5.15. The first-order valence-electron chi connectivity index (χ1n) is 8.27. The van der Waals surface area contributed by atoms with E-state index in [-0.39, 0.29) is 0 Å². The highest BCUT2D eigenvalue weighted by molar-refractivity contribution is 5.08. The SMILES string of the molecule is C1CC(c2nnc(C3CC3)[nH]2)CN(C2CCNCC2)C1. The summed E-state index contributed by atoms with van der Waals surface area (Å²) in [6.45, 7) is 4.80. The summed E-state index contributed by atoms with van der Waals surface area (Å²) < 4.78 is 0. The van der Waals surface area contributed by atoms with Gasteiger partial charge in [0.25, 0.3) is 0 Å². The number of piperidine rings is 2. The molecule has 0 radical (unpaired) electrons. The zero-order chi connectivity index (χ0) is 13.4. The van der Waals surface area contributed by atoms with Gasteiger partial charge in [-0.3, -0.25) is 4.90 Å². The summed E-state index contributed by atoms with van der Waals surface area (Å²) in [7, 11) is 0. The molecule has 4 rings (SSSR count). The van der Waals surface area contributed by atoms with Crippen molar-refractivity contribution in [2.24, 2.45) is 0 Å². The molecule has 3 heterocycles. The molecule has 1 aromatic rings. The van der Waals surface area contributed by atoms with Crippen LogP contribution in [0.1, 0.15) is 62.0 Å². The number of nitrogens with one attached hydrogen (secondary N) is 2. The molecule has 2 saturated heterocycles. The average molecular weight is 275 g/mol. The fraction of sp³-hybridized carbons (Fsp3) is 0.867. The van der Waals surface area contributed by atoms with Crippen LogP contribution in [0.3, 0.4) is 0 Å². The van der Waals surface area contributed by atoms with E-state index in [1.54, 1.807) is 0 Å². The van der Waals surface area contributed by atoms with Crippen LogP contribution in [0, 0.1) is 0 Å². The van der Waals surface area contributed by atoms with Gasteiger partial charge in [0, 0.05) is 24.4 Å². The minimum Gasteiger partial charge on any atom is -0.328 e. The molecule has 110 valence electrons. The molecule has 3 aliphatic rings. The normalized spacial score (nSPS) is 29.7. The van der Waals surface area contributed by atoms with Gasteiger partial charge in [-0.1, -0.05) is 0 Å². The number of hydrogen-bond acceptors (Lipinski definition) is 4. The van der Waals surface area contributed by atoms with Gasteiger partial charge < -0.3 is 10.3 Å². The van der Waals surface area contributed by atoms with Gasteiger partial charge in [0.05, 0.1) is 0 Å². The van der Waals surface area contributed by atoms with Crippen LogP contribution >= 0.6 is 0 Å². The number of H-pyrrole nitrogens is 1. The summed E-state index contributed by atoms with van der Waals surface area (Å²) in [5.74, 6) is 3.53. The average Bonchev–Trinajstić information content (AvgIpc) is 3.26. The number of nitrogens with zero attached hydrogens (tertiary/aromatic N) is 3. The molecule has 20 heavy (non-hydrogen) atoms. The molecule has 2 aliphatic heterocycles. The summed E-state index contributed by atoms with van der Waals surface area (Å²) in [5, 5.41) is 12.3. The van der Waals surface area contributed by atoms with E-state index in [4.69, 9.17) is 0 Å². The van der Waals surface area contributed by atoms with E-state index in [1.807, 2.05) is 0 Å². The van der Waals surface area contributed by atoms with E-state index in [0.717, 1.165) is 17.7 Å². The standard InChI is InChI=1S/C15H25N5/c1-2-12(15-17-14(18-19-15)11-3-4-11)10-20(9-1)13-5-7-16-8-6-13/h11-13,16H,1-10H2,(H,17,18,19). The van der Waals surface area contributed by atoms with Crippen molar-refractivity contribution in [1.29, 1.82) is 0 Å². The van der Waals surface area contributed by atoms with Crippen molar-refractivity contribution >= 4 is 0 Å². The van der Waals surface area contributed by atoms with Crippen molar-refractivity contribution in [3.8, 4) is 0 Å². The van der Waals surface area contributed by atoms with Crippen molar-refractivity contribution in [1.82, 2.24) is 25.4 Å². The summed E-state index contributed by atoms with van der Waals surface area (Å²) in [5.41, 5.74) is 0. The Bertz CT molecular complexity index is 447. The van der Waals surface area contributed by atoms with Crippen LogP contribution in [0.25, 0.3) is 0 Å². The largest absolute Gasteiger partial charge is 0.328 e. The summed E-state index contributed by atoms with van der Waals surface area (Å²) in [4.78, 5) is 6.21. The number of hydrogen-bond donors (Lipinski definition) is 2. The zero-order valence-electron chi connectivity index (χ0n) is 12.1. The van der Waals surface area contributed by atoms with Gasteiger partial charge in [-0.25, -0.2) is 0 Å². The van der Waals surface area contributed by atoms with Crippen LogP contribution in [-0.2, 0) is 0 Å². The predicted octanol–water partition coefficient (Wildman–Crippen LogP) is 1.61. The van der Waals surface area contributed by atoms with Crippen LogP contribution in [0.15, 0.2) is 0 Å². The van der Waals surface area contributed by atoms with Gasteiger partial charge >= 0.3 is 0 Å². The minimum atomic E-state index is 0.568. The smallest absolute Gasteiger partial charge is 0.134 e. The molecule has 1 aromatic heterocycles. The van der Waals surface area contributed by atoms with Crippen LogP contribution < -0.4 is 5.32 Å². The first kappa shape index (κ1) is 12.8.